The zero-order chi connectivity index (χ0) is 20.5. The van der Waals surface area contributed by atoms with Gasteiger partial charge >= 0.3 is 0 Å². The van der Waals surface area contributed by atoms with E-state index < -0.39 is 42.3 Å². The van der Waals surface area contributed by atoms with E-state index >= 15 is 0 Å². The van der Waals surface area contributed by atoms with Gasteiger partial charge in [0.2, 0.25) is 6.29 Å². The van der Waals surface area contributed by atoms with Crippen molar-refractivity contribution in [3.8, 4) is 11.5 Å². The molecule has 0 bridgehead atoms. The van der Waals surface area contributed by atoms with E-state index in [1.807, 2.05) is 13.8 Å². The standard InChI is InChI=1S/C20H30O8/c1-19(2,23-6)24-11-14-16-17(28-20(3,4)27-16)15(21)18(26-14)25-13-9-7-12(22-5)8-10-13/h7-10,14-18,21H,11H2,1-6H3/t14-,15-,16+,17-,18-/m1/s1. The Labute approximate surface area is 165 Å². The molecule has 158 valence electrons. The minimum atomic E-state index is -1.03. The second-order valence-corrected chi connectivity index (χ2v) is 7.81. The summed E-state index contributed by atoms with van der Waals surface area (Å²) in [6.45, 7) is 7.41. The van der Waals surface area contributed by atoms with Crippen LogP contribution < -0.4 is 9.47 Å². The molecule has 0 saturated carbocycles. The Balaban J connectivity index is 1.75. The van der Waals surface area contributed by atoms with Crippen LogP contribution >= 0.6 is 0 Å². The number of ether oxygens (including phenoxy) is 7. The summed E-state index contributed by atoms with van der Waals surface area (Å²) in [6, 6.07) is 7.04. The largest absolute Gasteiger partial charge is 0.497 e. The van der Waals surface area contributed by atoms with Crippen LogP contribution in [-0.4, -0.2) is 68.2 Å². The summed E-state index contributed by atoms with van der Waals surface area (Å²) in [7, 11) is 3.16. The average molecular weight is 398 g/mol. The molecule has 3 rings (SSSR count). The molecule has 0 aromatic heterocycles. The minimum absolute atomic E-state index is 0.191. The van der Waals surface area contributed by atoms with Crippen LogP contribution in [0.1, 0.15) is 27.7 Å². The van der Waals surface area contributed by atoms with E-state index in [9.17, 15) is 5.11 Å². The van der Waals surface area contributed by atoms with Gasteiger partial charge in [-0.2, -0.15) is 0 Å². The molecule has 1 N–H and O–H groups in total. The molecule has 8 nitrogen and oxygen atoms in total. The molecule has 28 heavy (non-hydrogen) atoms. The average Bonchev–Trinajstić information content (AvgIpc) is 2.99. The Morgan fingerprint density at radius 3 is 2.25 bits per heavy atom. The first kappa shape index (κ1) is 21.3. The minimum Gasteiger partial charge on any atom is -0.497 e. The Hall–Kier alpha value is -1.42. The second kappa shape index (κ2) is 8.14. The summed E-state index contributed by atoms with van der Waals surface area (Å²) in [6.07, 6.45) is -3.57. The summed E-state index contributed by atoms with van der Waals surface area (Å²) in [5.41, 5.74) is 0. The number of fused-ring (bicyclic) bond motifs is 1. The van der Waals surface area contributed by atoms with Gasteiger partial charge in [0.1, 0.15) is 35.9 Å². The number of hydrogen-bond donors (Lipinski definition) is 1. The predicted octanol–water partition coefficient (Wildman–Crippen LogP) is 2.08. The molecular formula is C20H30O8. The van der Waals surface area contributed by atoms with Crippen molar-refractivity contribution in [2.24, 2.45) is 0 Å². The third-order valence-electron chi connectivity index (χ3n) is 4.85. The maximum Gasteiger partial charge on any atom is 0.229 e. The third kappa shape index (κ3) is 4.76. The highest BCUT2D eigenvalue weighted by molar-refractivity contribution is 5.31. The van der Waals surface area contributed by atoms with Gasteiger partial charge in [0.25, 0.3) is 0 Å². The van der Waals surface area contributed by atoms with Crippen molar-refractivity contribution in [1.82, 2.24) is 0 Å². The van der Waals surface area contributed by atoms with Crippen LogP contribution in [-0.2, 0) is 23.7 Å². The smallest absolute Gasteiger partial charge is 0.229 e. The summed E-state index contributed by atoms with van der Waals surface area (Å²) in [5, 5.41) is 10.8. The fraction of sp³-hybridized carbons (Fsp3) is 0.700. The first-order chi connectivity index (χ1) is 13.1. The quantitative estimate of drug-likeness (QED) is 0.699. The molecule has 8 heteroatoms. The number of rotatable bonds is 7. The van der Waals surface area contributed by atoms with Crippen molar-refractivity contribution in [2.75, 3.05) is 20.8 Å². The zero-order valence-electron chi connectivity index (χ0n) is 17.2. The SMILES string of the molecule is COc1ccc(O[C@@H]2O[C@H](COC(C)(C)OC)[C@@H]3OC(C)(C)O[C@@H]3[C@H]2O)cc1. The molecule has 0 aliphatic carbocycles. The van der Waals surface area contributed by atoms with Crippen LogP contribution in [0, 0.1) is 0 Å². The molecule has 2 aliphatic rings. The highest BCUT2D eigenvalue weighted by Crippen LogP contribution is 2.38. The lowest BCUT2D eigenvalue weighted by atomic mass is 9.99. The van der Waals surface area contributed by atoms with Crippen LogP contribution in [0.3, 0.4) is 0 Å². The zero-order valence-corrected chi connectivity index (χ0v) is 17.2. The van der Waals surface area contributed by atoms with Crippen LogP contribution in [0.25, 0.3) is 0 Å². The highest BCUT2D eigenvalue weighted by atomic mass is 16.8. The Kier molecular flexibility index (Phi) is 6.19. The van der Waals surface area contributed by atoms with Gasteiger partial charge < -0.3 is 38.3 Å². The lowest BCUT2D eigenvalue weighted by Crippen LogP contribution is -2.59. The first-order valence-corrected chi connectivity index (χ1v) is 9.33. The summed E-state index contributed by atoms with van der Waals surface area (Å²) in [5.74, 6) is -0.377. The van der Waals surface area contributed by atoms with Gasteiger partial charge in [-0.1, -0.05) is 0 Å². The lowest BCUT2D eigenvalue weighted by Gasteiger charge is -2.40. The number of aliphatic hydroxyl groups is 1. The fourth-order valence-corrected chi connectivity index (χ4v) is 3.22. The Bertz CT molecular complexity index is 644. The number of benzene rings is 1. The van der Waals surface area contributed by atoms with Crippen molar-refractivity contribution in [1.29, 1.82) is 0 Å². The van der Waals surface area contributed by atoms with Gasteiger partial charge in [0.15, 0.2) is 11.6 Å². The van der Waals surface area contributed by atoms with E-state index in [2.05, 4.69) is 0 Å². The molecule has 0 unspecified atom stereocenters. The van der Waals surface area contributed by atoms with Gasteiger partial charge in [-0.15, -0.1) is 0 Å². The van der Waals surface area contributed by atoms with Crippen molar-refractivity contribution >= 4 is 0 Å². The second-order valence-electron chi connectivity index (χ2n) is 7.81. The number of methoxy groups -OCH3 is 2. The summed E-state index contributed by atoms with van der Waals surface area (Å²) in [4.78, 5) is 0. The maximum absolute atomic E-state index is 10.8. The molecule has 1 aromatic rings. The van der Waals surface area contributed by atoms with Crippen LogP contribution in [0.15, 0.2) is 24.3 Å². The molecule has 5 atom stereocenters. The van der Waals surface area contributed by atoms with E-state index in [-0.39, 0.29) is 6.61 Å². The maximum atomic E-state index is 10.8. The normalized spacial score (nSPS) is 32.0. The van der Waals surface area contributed by atoms with Crippen molar-refractivity contribution in [3.63, 3.8) is 0 Å². The van der Waals surface area contributed by atoms with Gasteiger partial charge in [-0.25, -0.2) is 0 Å². The van der Waals surface area contributed by atoms with Crippen molar-refractivity contribution in [3.05, 3.63) is 24.3 Å². The summed E-state index contributed by atoms with van der Waals surface area (Å²) < 4.78 is 40.1. The van der Waals surface area contributed by atoms with E-state index in [4.69, 9.17) is 33.2 Å². The number of aliphatic hydroxyl groups excluding tert-OH is 1. The highest BCUT2D eigenvalue weighted by Gasteiger charge is 2.55. The molecule has 0 amide bonds. The van der Waals surface area contributed by atoms with Gasteiger partial charge in [-0.05, 0) is 52.0 Å². The molecule has 2 heterocycles. The van der Waals surface area contributed by atoms with E-state index in [0.29, 0.717) is 11.5 Å². The van der Waals surface area contributed by atoms with Crippen LogP contribution in [0.5, 0.6) is 11.5 Å². The predicted molar refractivity (Wildman–Crippen MR) is 99.2 cm³/mol. The molecule has 2 aliphatic heterocycles. The van der Waals surface area contributed by atoms with E-state index in [1.54, 1.807) is 52.3 Å². The fourth-order valence-electron chi connectivity index (χ4n) is 3.22. The lowest BCUT2D eigenvalue weighted by molar-refractivity contribution is -0.279. The van der Waals surface area contributed by atoms with Crippen molar-refractivity contribution < 1.29 is 38.3 Å². The molecule has 0 spiro atoms. The molecule has 2 fully saturated rings. The Morgan fingerprint density at radius 2 is 1.64 bits per heavy atom. The molecule has 0 radical (unpaired) electrons. The molecule has 1 aromatic carbocycles. The monoisotopic (exact) mass is 398 g/mol. The molecular weight excluding hydrogens is 368 g/mol. The van der Waals surface area contributed by atoms with Gasteiger partial charge in [0, 0.05) is 7.11 Å². The van der Waals surface area contributed by atoms with Gasteiger partial charge in [0.05, 0.1) is 13.7 Å². The third-order valence-corrected chi connectivity index (χ3v) is 4.85. The first-order valence-electron chi connectivity index (χ1n) is 9.33. The molecule has 2 saturated heterocycles. The van der Waals surface area contributed by atoms with Crippen LogP contribution in [0.2, 0.25) is 0 Å². The Morgan fingerprint density at radius 1 is 1.04 bits per heavy atom. The topological polar surface area (TPSA) is 84.8 Å². The van der Waals surface area contributed by atoms with Crippen molar-refractivity contribution in [2.45, 2.75) is 70.0 Å². The number of hydrogen-bond acceptors (Lipinski definition) is 8. The van der Waals surface area contributed by atoms with Crippen LogP contribution in [0.4, 0.5) is 0 Å². The van der Waals surface area contributed by atoms with Gasteiger partial charge in [-0.3, -0.25) is 0 Å². The summed E-state index contributed by atoms with van der Waals surface area (Å²) >= 11 is 0. The van der Waals surface area contributed by atoms with E-state index in [0.717, 1.165) is 0 Å². The van der Waals surface area contributed by atoms with E-state index in [1.165, 1.54) is 0 Å².